The van der Waals surface area contributed by atoms with Crippen molar-refractivity contribution in [1.82, 2.24) is 5.53 Å². The zero-order valence-electron chi connectivity index (χ0n) is 15.4. The minimum Gasteiger partial charge on any atom is -0.279 e. The lowest BCUT2D eigenvalue weighted by atomic mass is 10.1. The van der Waals surface area contributed by atoms with Crippen molar-refractivity contribution in [2.24, 2.45) is 15.4 Å². The number of thiophene rings is 1. The number of fused-ring (bicyclic) bond motifs is 1. The molecule has 1 aliphatic heterocycles. The van der Waals surface area contributed by atoms with Gasteiger partial charge in [0.2, 0.25) is 5.84 Å². The highest BCUT2D eigenvalue weighted by molar-refractivity contribution is 7.94. The Bertz CT molecular complexity index is 1210. The maximum Gasteiger partial charge on any atom is 0.271 e. The highest BCUT2D eigenvalue weighted by atomic mass is 32.2. The van der Waals surface area contributed by atoms with E-state index in [1.165, 1.54) is 16.9 Å². The number of hydrogen-bond donors (Lipinski definition) is 1. The lowest BCUT2D eigenvalue weighted by Gasteiger charge is -2.08. The molecule has 28 heavy (non-hydrogen) atoms. The Hall–Kier alpha value is -2.78. The average molecular weight is 413 g/mol. The summed E-state index contributed by atoms with van der Waals surface area (Å²) in [4.78, 5) is 0. The molecule has 0 unspecified atom stereocenters. The van der Waals surface area contributed by atoms with E-state index in [4.69, 9.17) is 0 Å². The second-order valence-electron chi connectivity index (χ2n) is 6.48. The number of benzene rings is 2. The molecule has 1 radical (unpaired) electrons. The molecule has 2 heterocycles. The molecule has 0 spiro atoms. The summed E-state index contributed by atoms with van der Waals surface area (Å²) in [5.74, 6) is 0.350. The first kappa shape index (κ1) is 18.6. The standard InChI is InChI=1S/C19H18N5O2S2/c1-3-5-13-8-9-17-16(10-13)12(2)19(27-17)28(25,26)22-15-7-4-6-14(11-15)18-20-23-24-21-18/h4,6-11,22H,3,5H2,1-2H3. The molecule has 0 atom stereocenters. The van der Waals surface area contributed by atoms with Gasteiger partial charge >= 0.3 is 0 Å². The van der Waals surface area contributed by atoms with Gasteiger partial charge in [-0.3, -0.25) is 4.72 Å². The van der Waals surface area contributed by atoms with Crippen LogP contribution in [0.1, 0.15) is 30.0 Å². The van der Waals surface area contributed by atoms with Gasteiger partial charge in [-0.25, -0.2) is 8.42 Å². The van der Waals surface area contributed by atoms with Crippen LogP contribution in [0.3, 0.4) is 0 Å². The number of hydrogen-bond acceptors (Lipinski definition) is 6. The predicted molar refractivity (Wildman–Crippen MR) is 111 cm³/mol. The van der Waals surface area contributed by atoms with Gasteiger partial charge in [-0.15, -0.1) is 21.6 Å². The van der Waals surface area contributed by atoms with Crippen LogP contribution in [-0.2, 0) is 16.4 Å². The third-order valence-corrected chi connectivity index (χ3v) is 7.71. The molecule has 0 aliphatic carbocycles. The number of rotatable bonds is 6. The van der Waals surface area contributed by atoms with Gasteiger partial charge in [-0.05, 0) is 58.8 Å². The number of aryl methyl sites for hydroxylation is 2. The topological polar surface area (TPSA) is 97.3 Å². The molecule has 143 valence electrons. The van der Waals surface area contributed by atoms with Crippen LogP contribution < -0.4 is 10.3 Å². The first-order valence-electron chi connectivity index (χ1n) is 8.82. The summed E-state index contributed by atoms with van der Waals surface area (Å²) in [6.45, 7) is 3.99. The van der Waals surface area contributed by atoms with E-state index >= 15 is 0 Å². The molecule has 1 aromatic heterocycles. The highest BCUT2D eigenvalue weighted by Crippen LogP contribution is 2.35. The maximum atomic E-state index is 13.0. The minimum atomic E-state index is -3.72. The van der Waals surface area contributed by atoms with Crippen LogP contribution in [0.4, 0.5) is 5.69 Å². The van der Waals surface area contributed by atoms with E-state index in [1.807, 2.05) is 13.0 Å². The van der Waals surface area contributed by atoms with Gasteiger partial charge in [0.15, 0.2) is 0 Å². The number of amidine groups is 1. The summed E-state index contributed by atoms with van der Waals surface area (Å²) in [5, 5.41) is 12.1. The van der Waals surface area contributed by atoms with Crippen LogP contribution >= 0.6 is 11.3 Å². The van der Waals surface area contributed by atoms with Gasteiger partial charge in [0, 0.05) is 16.0 Å². The second kappa shape index (κ2) is 7.33. The SMILES string of the molecule is CCCc1ccc2sc(S(=O)(=O)Nc3cccc(C4=N[N]N=N4)c3)c(C)c2c1. The summed E-state index contributed by atoms with van der Waals surface area (Å²) in [6, 6.07) is 13.0. The fraction of sp³-hybridized carbons (Fsp3) is 0.211. The third kappa shape index (κ3) is 3.50. The van der Waals surface area contributed by atoms with E-state index in [0.717, 1.165) is 28.5 Å². The monoisotopic (exact) mass is 412 g/mol. The zero-order valence-corrected chi connectivity index (χ0v) is 17.0. The van der Waals surface area contributed by atoms with E-state index in [-0.39, 0.29) is 0 Å². The first-order chi connectivity index (χ1) is 13.5. The number of nitrogens with one attached hydrogen (secondary N) is 1. The van der Waals surface area contributed by atoms with Crippen LogP contribution in [0.15, 0.2) is 62.1 Å². The molecular weight excluding hydrogens is 394 g/mol. The maximum absolute atomic E-state index is 13.0. The third-order valence-electron chi connectivity index (χ3n) is 4.43. The largest absolute Gasteiger partial charge is 0.279 e. The molecule has 0 bridgehead atoms. The highest BCUT2D eigenvalue weighted by Gasteiger charge is 2.22. The predicted octanol–water partition coefficient (Wildman–Crippen LogP) is 4.61. The second-order valence-corrected chi connectivity index (χ2v) is 9.41. The first-order valence-corrected chi connectivity index (χ1v) is 11.1. The van der Waals surface area contributed by atoms with E-state index in [2.05, 4.69) is 44.8 Å². The van der Waals surface area contributed by atoms with Gasteiger partial charge in [0.05, 0.1) is 0 Å². The van der Waals surface area contributed by atoms with Crippen LogP contribution in [-0.4, -0.2) is 14.3 Å². The molecule has 9 heteroatoms. The zero-order chi connectivity index (χ0) is 19.7. The molecule has 7 nitrogen and oxygen atoms in total. The van der Waals surface area contributed by atoms with Crippen molar-refractivity contribution >= 4 is 43.0 Å². The quantitative estimate of drug-likeness (QED) is 0.640. The van der Waals surface area contributed by atoms with E-state index in [1.54, 1.807) is 24.3 Å². The summed E-state index contributed by atoms with van der Waals surface area (Å²) in [5.41, 5.74) is 6.53. The Labute approximate surface area is 167 Å². The van der Waals surface area contributed by atoms with E-state index < -0.39 is 10.0 Å². The Morgan fingerprint density at radius 1 is 1.14 bits per heavy atom. The van der Waals surface area contributed by atoms with E-state index in [0.29, 0.717) is 21.3 Å². The number of nitrogens with zero attached hydrogens (tertiary/aromatic N) is 4. The van der Waals surface area contributed by atoms with Gasteiger partial charge in [-0.2, -0.15) is 0 Å². The molecule has 0 saturated heterocycles. The lowest BCUT2D eigenvalue weighted by molar-refractivity contribution is 0.603. The van der Waals surface area contributed by atoms with Crippen molar-refractivity contribution in [3.05, 3.63) is 59.2 Å². The van der Waals surface area contributed by atoms with Crippen LogP contribution in [0.25, 0.3) is 10.1 Å². The molecule has 0 fully saturated rings. The molecule has 3 aromatic rings. The Balaban J connectivity index is 1.68. The minimum absolute atomic E-state index is 0.328. The van der Waals surface area contributed by atoms with Gasteiger partial charge in [0.1, 0.15) is 4.21 Å². The van der Waals surface area contributed by atoms with Crippen molar-refractivity contribution < 1.29 is 8.42 Å². The fourth-order valence-electron chi connectivity index (χ4n) is 3.13. The Morgan fingerprint density at radius 3 is 2.75 bits per heavy atom. The molecular formula is C19H18N5O2S2. The van der Waals surface area contributed by atoms with E-state index in [9.17, 15) is 8.42 Å². The van der Waals surface area contributed by atoms with Crippen LogP contribution in [0, 0.1) is 6.92 Å². The molecule has 2 aromatic carbocycles. The summed E-state index contributed by atoms with van der Waals surface area (Å²) in [6.07, 6.45) is 2.03. The molecule has 4 rings (SSSR count). The molecule has 1 aliphatic rings. The van der Waals surface area contributed by atoms with Gasteiger partial charge in [0.25, 0.3) is 10.0 Å². The average Bonchev–Trinajstić information content (AvgIpc) is 3.31. The Kier molecular flexibility index (Phi) is 4.86. The van der Waals surface area contributed by atoms with Crippen molar-refractivity contribution in [3.63, 3.8) is 0 Å². The number of anilines is 1. The molecule has 0 amide bonds. The van der Waals surface area contributed by atoms with Crippen molar-refractivity contribution in [2.45, 2.75) is 30.9 Å². The summed E-state index contributed by atoms with van der Waals surface area (Å²) in [7, 11) is -3.72. The normalized spacial score (nSPS) is 13.6. The van der Waals surface area contributed by atoms with Crippen molar-refractivity contribution in [3.8, 4) is 0 Å². The summed E-state index contributed by atoms with van der Waals surface area (Å²) < 4.78 is 30.0. The van der Waals surface area contributed by atoms with Crippen LogP contribution in [0.2, 0.25) is 0 Å². The molecule has 1 N–H and O–H groups in total. The van der Waals surface area contributed by atoms with Gasteiger partial charge in [-0.1, -0.05) is 37.6 Å². The Morgan fingerprint density at radius 2 is 2.00 bits per heavy atom. The van der Waals surface area contributed by atoms with Crippen molar-refractivity contribution in [1.29, 1.82) is 0 Å². The van der Waals surface area contributed by atoms with Gasteiger partial charge < -0.3 is 0 Å². The molecule has 0 saturated carbocycles. The van der Waals surface area contributed by atoms with Crippen LogP contribution in [0.5, 0.6) is 0 Å². The smallest absolute Gasteiger partial charge is 0.271 e. The lowest BCUT2D eigenvalue weighted by Crippen LogP contribution is -2.13. The number of sulfonamides is 1. The summed E-state index contributed by atoms with van der Waals surface area (Å²) >= 11 is 1.28. The fourth-order valence-corrected chi connectivity index (χ4v) is 5.93. The van der Waals surface area contributed by atoms with Crippen molar-refractivity contribution in [2.75, 3.05) is 4.72 Å².